The first kappa shape index (κ1) is 16.4. The summed E-state index contributed by atoms with van der Waals surface area (Å²) in [5.41, 5.74) is 0.806. The van der Waals surface area contributed by atoms with Crippen molar-refractivity contribution in [2.24, 2.45) is 0 Å². The van der Waals surface area contributed by atoms with Gasteiger partial charge in [-0.2, -0.15) is 0 Å². The average Bonchev–Trinajstić information content (AvgIpc) is 3.01. The molecule has 6 heteroatoms. The molecule has 0 aromatic heterocycles. The molecule has 23 heavy (non-hydrogen) atoms. The molecule has 0 spiro atoms. The van der Waals surface area contributed by atoms with Gasteiger partial charge >= 0.3 is 0 Å². The van der Waals surface area contributed by atoms with E-state index in [0.29, 0.717) is 32.7 Å². The predicted octanol–water partition coefficient (Wildman–Crippen LogP) is 0.713. The van der Waals surface area contributed by atoms with E-state index in [2.05, 4.69) is 10.6 Å². The molecule has 3 N–H and O–H groups in total. The molecule has 1 aromatic carbocycles. The zero-order valence-electron chi connectivity index (χ0n) is 13.1. The predicted molar refractivity (Wildman–Crippen MR) is 83.6 cm³/mol. The number of carbonyl (C=O) groups is 1. The fourth-order valence-corrected chi connectivity index (χ4v) is 3.43. The minimum atomic E-state index is -0.458. The highest BCUT2D eigenvalue weighted by molar-refractivity contribution is 5.82. The molecule has 0 saturated carbocycles. The molecule has 3 rings (SSSR count). The third kappa shape index (κ3) is 3.71. The molecule has 2 aliphatic rings. The maximum absolute atomic E-state index is 13.2. The van der Waals surface area contributed by atoms with Crippen molar-refractivity contribution in [3.05, 3.63) is 35.6 Å². The summed E-state index contributed by atoms with van der Waals surface area (Å²) in [5, 5.41) is 15.5. The highest BCUT2D eigenvalue weighted by atomic mass is 19.1. The lowest BCUT2D eigenvalue weighted by atomic mass is 9.74. The van der Waals surface area contributed by atoms with Crippen LogP contribution in [-0.4, -0.2) is 49.5 Å². The van der Waals surface area contributed by atoms with Crippen molar-refractivity contribution in [1.82, 2.24) is 10.6 Å². The van der Waals surface area contributed by atoms with Gasteiger partial charge in [-0.25, -0.2) is 4.39 Å². The van der Waals surface area contributed by atoms with E-state index in [1.54, 1.807) is 12.1 Å². The van der Waals surface area contributed by atoms with Crippen LogP contribution in [0, 0.1) is 5.82 Å². The summed E-state index contributed by atoms with van der Waals surface area (Å²) in [6.07, 6.45) is 1.57. The van der Waals surface area contributed by atoms with Crippen molar-refractivity contribution in [2.75, 3.05) is 26.3 Å². The molecule has 0 aliphatic carbocycles. The molecule has 2 heterocycles. The number of halogens is 1. The molecule has 2 atom stereocenters. The van der Waals surface area contributed by atoms with E-state index < -0.39 is 6.10 Å². The lowest BCUT2D eigenvalue weighted by Crippen LogP contribution is -2.48. The van der Waals surface area contributed by atoms with Gasteiger partial charge in [0, 0.05) is 31.7 Å². The van der Waals surface area contributed by atoms with Crippen molar-refractivity contribution in [1.29, 1.82) is 0 Å². The molecular formula is C17H23FN2O3. The summed E-state index contributed by atoms with van der Waals surface area (Å²) in [4.78, 5) is 12.3. The number of benzene rings is 1. The third-order valence-electron chi connectivity index (χ3n) is 4.93. The largest absolute Gasteiger partial charge is 0.392 e. The SMILES string of the molecule is O=C(NCC1(c2ccc(F)cc2)CCOCC1)C1CC(O)CN1. The van der Waals surface area contributed by atoms with Gasteiger partial charge in [-0.05, 0) is 37.0 Å². The Balaban J connectivity index is 1.69. The number of aliphatic hydroxyl groups excluding tert-OH is 1. The molecule has 2 saturated heterocycles. The Bertz CT molecular complexity index is 543. The van der Waals surface area contributed by atoms with Gasteiger partial charge in [0.15, 0.2) is 0 Å². The second kappa shape index (κ2) is 6.95. The Kier molecular flexibility index (Phi) is 4.94. The van der Waals surface area contributed by atoms with E-state index in [1.165, 1.54) is 12.1 Å². The molecule has 1 amide bonds. The van der Waals surface area contributed by atoms with E-state index >= 15 is 0 Å². The standard InChI is InChI=1S/C17H23FN2O3/c18-13-3-1-12(2-4-13)17(5-7-23-8-6-17)11-20-16(22)15-9-14(21)10-19-15/h1-4,14-15,19,21H,5-11H2,(H,20,22). The van der Waals surface area contributed by atoms with Gasteiger partial charge in [-0.1, -0.05) is 12.1 Å². The zero-order chi connectivity index (χ0) is 16.3. The first-order valence-corrected chi connectivity index (χ1v) is 8.12. The first-order valence-electron chi connectivity index (χ1n) is 8.12. The fraction of sp³-hybridized carbons (Fsp3) is 0.588. The molecule has 0 bridgehead atoms. The average molecular weight is 322 g/mol. The Morgan fingerprint density at radius 2 is 2.04 bits per heavy atom. The number of hydrogen-bond acceptors (Lipinski definition) is 4. The van der Waals surface area contributed by atoms with Gasteiger partial charge in [0.2, 0.25) is 5.91 Å². The monoisotopic (exact) mass is 322 g/mol. The van der Waals surface area contributed by atoms with Crippen molar-refractivity contribution in [3.63, 3.8) is 0 Å². The van der Waals surface area contributed by atoms with Crippen molar-refractivity contribution in [2.45, 2.75) is 36.8 Å². The quantitative estimate of drug-likeness (QED) is 0.764. The van der Waals surface area contributed by atoms with Crippen LogP contribution in [0.5, 0.6) is 0 Å². The van der Waals surface area contributed by atoms with Gasteiger partial charge in [0.05, 0.1) is 12.1 Å². The topological polar surface area (TPSA) is 70.6 Å². The van der Waals surface area contributed by atoms with E-state index in [-0.39, 0.29) is 23.2 Å². The molecule has 5 nitrogen and oxygen atoms in total. The number of hydrogen-bond donors (Lipinski definition) is 3. The lowest BCUT2D eigenvalue weighted by molar-refractivity contribution is -0.123. The van der Waals surface area contributed by atoms with Gasteiger partial charge in [0.25, 0.3) is 0 Å². The molecule has 2 unspecified atom stereocenters. The summed E-state index contributed by atoms with van der Waals surface area (Å²) in [5.74, 6) is -0.348. The van der Waals surface area contributed by atoms with Gasteiger partial charge in [-0.15, -0.1) is 0 Å². The maximum atomic E-state index is 13.2. The number of amides is 1. The van der Waals surface area contributed by atoms with Crippen LogP contribution in [0.4, 0.5) is 4.39 Å². The molecule has 0 radical (unpaired) electrons. The van der Waals surface area contributed by atoms with E-state index in [1.807, 2.05) is 0 Å². The lowest BCUT2D eigenvalue weighted by Gasteiger charge is -2.38. The fourth-order valence-electron chi connectivity index (χ4n) is 3.43. The zero-order valence-corrected chi connectivity index (χ0v) is 13.1. The van der Waals surface area contributed by atoms with E-state index in [4.69, 9.17) is 4.74 Å². The normalized spacial score (nSPS) is 26.9. The number of nitrogens with one attached hydrogen (secondary N) is 2. The summed E-state index contributed by atoms with van der Waals surface area (Å²) in [7, 11) is 0. The second-order valence-corrected chi connectivity index (χ2v) is 6.47. The smallest absolute Gasteiger partial charge is 0.237 e. The summed E-state index contributed by atoms with van der Waals surface area (Å²) in [6, 6.07) is 6.18. The number of carbonyl (C=O) groups excluding carboxylic acids is 1. The van der Waals surface area contributed by atoms with Crippen LogP contribution in [-0.2, 0) is 14.9 Å². The van der Waals surface area contributed by atoms with Crippen molar-refractivity contribution >= 4 is 5.91 Å². The van der Waals surface area contributed by atoms with Gasteiger partial charge in [-0.3, -0.25) is 4.79 Å². The summed E-state index contributed by atoms with van der Waals surface area (Å²) in [6.45, 7) is 2.21. The number of rotatable bonds is 4. The van der Waals surface area contributed by atoms with Crippen LogP contribution in [0.2, 0.25) is 0 Å². The molecular weight excluding hydrogens is 299 g/mol. The van der Waals surface area contributed by atoms with E-state index in [0.717, 1.165) is 18.4 Å². The van der Waals surface area contributed by atoms with Crippen LogP contribution in [0.15, 0.2) is 24.3 Å². The molecule has 2 aliphatic heterocycles. The van der Waals surface area contributed by atoms with E-state index in [9.17, 15) is 14.3 Å². The maximum Gasteiger partial charge on any atom is 0.237 e. The van der Waals surface area contributed by atoms with Crippen LogP contribution >= 0.6 is 0 Å². The van der Waals surface area contributed by atoms with Gasteiger partial charge < -0.3 is 20.5 Å². The minimum Gasteiger partial charge on any atom is -0.392 e. The Labute approximate surface area is 135 Å². The Morgan fingerprint density at radius 3 is 2.65 bits per heavy atom. The number of ether oxygens (including phenoxy) is 1. The third-order valence-corrected chi connectivity index (χ3v) is 4.93. The Hall–Kier alpha value is -1.50. The van der Waals surface area contributed by atoms with Crippen LogP contribution in [0.1, 0.15) is 24.8 Å². The first-order chi connectivity index (χ1) is 11.1. The highest BCUT2D eigenvalue weighted by Crippen LogP contribution is 2.34. The molecule has 2 fully saturated rings. The minimum absolute atomic E-state index is 0.0884. The summed E-state index contributed by atoms with van der Waals surface area (Å²) >= 11 is 0. The molecule has 126 valence electrons. The van der Waals surface area contributed by atoms with Gasteiger partial charge in [0.1, 0.15) is 5.82 Å². The Morgan fingerprint density at radius 1 is 1.35 bits per heavy atom. The summed E-state index contributed by atoms with van der Waals surface area (Å²) < 4.78 is 18.7. The van der Waals surface area contributed by atoms with Crippen molar-refractivity contribution < 1.29 is 19.0 Å². The molecule has 1 aromatic rings. The second-order valence-electron chi connectivity index (χ2n) is 6.47. The van der Waals surface area contributed by atoms with Crippen LogP contribution in [0.3, 0.4) is 0 Å². The number of aliphatic hydroxyl groups is 1. The van der Waals surface area contributed by atoms with Crippen molar-refractivity contribution in [3.8, 4) is 0 Å². The van der Waals surface area contributed by atoms with Crippen LogP contribution < -0.4 is 10.6 Å². The number of β-amino-alcohol motifs (C(OH)–C–C–N with tert-alkyl or cyclic N) is 1. The van der Waals surface area contributed by atoms with Crippen LogP contribution in [0.25, 0.3) is 0 Å². The highest BCUT2D eigenvalue weighted by Gasteiger charge is 2.36.